The lowest BCUT2D eigenvalue weighted by Crippen LogP contribution is -2.32. The lowest BCUT2D eigenvalue weighted by Gasteiger charge is -2.25. The molecule has 5 nitrogen and oxygen atoms in total. The van der Waals surface area contributed by atoms with Gasteiger partial charge in [0.1, 0.15) is 0 Å². The predicted octanol–water partition coefficient (Wildman–Crippen LogP) is 1.24. The Bertz CT molecular complexity index is 462. The molecule has 0 heterocycles. The Hall–Kier alpha value is -1.88. The van der Waals surface area contributed by atoms with Gasteiger partial charge in [0.15, 0.2) is 0 Å². The Labute approximate surface area is 112 Å². The Balaban J connectivity index is 1.93. The van der Waals surface area contributed by atoms with Crippen molar-refractivity contribution >= 4 is 17.5 Å². The van der Waals surface area contributed by atoms with Gasteiger partial charge in [0.25, 0.3) is 0 Å². The Morgan fingerprint density at radius 3 is 2.16 bits per heavy atom. The minimum atomic E-state index is -0.473. The van der Waals surface area contributed by atoms with Gasteiger partial charge >= 0.3 is 0 Å². The van der Waals surface area contributed by atoms with Crippen molar-refractivity contribution in [1.29, 1.82) is 0 Å². The van der Waals surface area contributed by atoms with Crippen LogP contribution in [-0.2, 0) is 4.79 Å². The van der Waals surface area contributed by atoms with Crippen LogP contribution in [0.1, 0.15) is 36.0 Å². The normalized spacial score (nSPS) is 22.8. The maximum atomic E-state index is 12.0. The molecule has 1 fully saturated rings. The maximum absolute atomic E-state index is 12.0. The van der Waals surface area contributed by atoms with E-state index in [9.17, 15) is 9.59 Å². The summed E-state index contributed by atoms with van der Waals surface area (Å²) in [4.78, 5) is 23.0. The highest BCUT2D eigenvalue weighted by atomic mass is 16.2. The summed E-state index contributed by atoms with van der Waals surface area (Å²) in [6.45, 7) is 0. The smallest absolute Gasteiger partial charge is 0.248 e. The molecule has 0 atom stereocenters. The number of hydrogen-bond donors (Lipinski definition) is 3. The quantitative estimate of drug-likeness (QED) is 0.763. The SMILES string of the molecule is NC(=O)c1ccc(NC(=O)C2CCC(N)CC2)cc1. The first-order valence-corrected chi connectivity index (χ1v) is 6.52. The van der Waals surface area contributed by atoms with Gasteiger partial charge in [0.2, 0.25) is 11.8 Å². The summed E-state index contributed by atoms with van der Waals surface area (Å²) >= 11 is 0. The molecule has 1 aliphatic carbocycles. The van der Waals surface area contributed by atoms with Crippen LogP contribution in [0.2, 0.25) is 0 Å². The van der Waals surface area contributed by atoms with Gasteiger partial charge in [-0.3, -0.25) is 9.59 Å². The number of benzene rings is 1. The molecule has 0 unspecified atom stereocenters. The van der Waals surface area contributed by atoms with Gasteiger partial charge in [-0.2, -0.15) is 0 Å². The first-order chi connectivity index (χ1) is 9.06. The fraction of sp³-hybridized carbons (Fsp3) is 0.429. The minimum Gasteiger partial charge on any atom is -0.366 e. The van der Waals surface area contributed by atoms with Crippen molar-refractivity contribution in [2.75, 3.05) is 5.32 Å². The summed E-state index contributed by atoms with van der Waals surface area (Å²) in [5.41, 5.74) is 12.1. The van der Waals surface area contributed by atoms with E-state index < -0.39 is 5.91 Å². The predicted molar refractivity (Wildman–Crippen MR) is 73.5 cm³/mol. The summed E-state index contributed by atoms with van der Waals surface area (Å²) in [7, 11) is 0. The summed E-state index contributed by atoms with van der Waals surface area (Å²) in [6.07, 6.45) is 3.48. The molecule has 0 aromatic heterocycles. The molecule has 1 saturated carbocycles. The molecule has 102 valence electrons. The Morgan fingerprint density at radius 1 is 1.05 bits per heavy atom. The third-order valence-electron chi connectivity index (χ3n) is 3.58. The first kappa shape index (κ1) is 13.5. The van der Waals surface area contributed by atoms with Crippen LogP contribution >= 0.6 is 0 Å². The van der Waals surface area contributed by atoms with Crippen LogP contribution < -0.4 is 16.8 Å². The molecule has 0 aliphatic heterocycles. The van der Waals surface area contributed by atoms with Gasteiger partial charge in [-0.15, -0.1) is 0 Å². The third-order valence-corrected chi connectivity index (χ3v) is 3.58. The molecule has 0 bridgehead atoms. The second kappa shape index (κ2) is 5.84. The number of carbonyl (C=O) groups excluding carboxylic acids is 2. The number of anilines is 1. The van der Waals surface area contributed by atoms with Crippen molar-refractivity contribution in [3.63, 3.8) is 0 Å². The van der Waals surface area contributed by atoms with Crippen LogP contribution in [0, 0.1) is 5.92 Å². The highest BCUT2D eigenvalue weighted by Crippen LogP contribution is 2.24. The minimum absolute atomic E-state index is 0.0266. The van der Waals surface area contributed by atoms with Gasteiger partial charge in [0.05, 0.1) is 0 Å². The number of nitrogens with one attached hydrogen (secondary N) is 1. The zero-order valence-electron chi connectivity index (χ0n) is 10.8. The number of nitrogens with two attached hydrogens (primary N) is 2. The monoisotopic (exact) mass is 261 g/mol. The topological polar surface area (TPSA) is 98.2 Å². The van der Waals surface area contributed by atoms with Crippen LogP contribution in [0.4, 0.5) is 5.69 Å². The lowest BCUT2D eigenvalue weighted by molar-refractivity contribution is -0.120. The molecule has 5 N–H and O–H groups in total. The molecule has 5 heteroatoms. The van der Waals surface area contributed by atoms with E-state index >= 15 is 0 Å². The van der Waals surface area contributed by atoms with Crippen LogP contribution in [0.3, 0.4) is 0 Å². The number of amides is 2. The number of rotatable bonds is 3. The van der Waals surface area contributed by atoms with E-state index in [4.69, 9.17) is 11.5 Å². The summed E-state index contributed by atoms with van der Waals surface area (Å²) in [5.74, 6) is -0.409. The highest BCUT2D eigenvalue weighted by molar-refractivity contribution is 5.95. The average molecular weight is 261 g/mol. The van der Waals surface area contributed by atoms with Crippen molar-refractivity contribution in [2.45, 2.75) is 31.7 Å². The molecule has 2 rings (SSSR count). The van der Waals surface area contributed by atoms with Crippen molar-refractivity contribution in [1.82, 2.24) is 0 Å². The van der Waals surface area contributed by atoms with Crippen molar-refractivity contribution in [3.8, 4) is 0 Å². The van der Waals surface area contributed by atoms with Crippen molar-refractivity contribution in [3.05, 3.63) is 29.8 Å². The van der Waals surface area contributed by atoms with Gasteiger partial charge in [-0.25, -0.2) is 0 Å². The molecule has 1 aliphatic rings. The van der Waals surface area contributed by atoms with E-state index in [0.717, 1.165) is 25.7 Å². The molecule has 0 spiro atoms. The average Bonchev–Trinajstić information content (AvgIpc) is 2.40. The van der Waals surface area contributed by atoms with E-state index in [1.54, 1.807) is 24.3 Å². The molecule has 1 aromatic rings. The Kier molecular flexibility index (Phi) is 4.16. The van der Waals surface area contributed by atoms with Crippen LogP contribution in [0.15, 0.2) is 24.3 Å². The zero-order valence-corrected chi connectivity index (χ0v) is 10.8. The van der Waals surface area contributed by atoms with Crippen molar-refractivity contribution in [2.24, 2.45) is 17.4 Å². The van der Waals surface area contributed by atoms with E-state index in [1.807, 2.05) is 0 Å². The first-order valence-electron chi connectivity index (χ1n) is 6.52. The van der Waals surface area contributed by atoms with Gasteiger partial charge < -0.3 is 16.8 Å². The molecule has 2 amide bonds. The van der Waals surface area contributed by atoms with Crippen LogP contribution in [0.25, 0.3) is 0 Å². The molecule has 0 saturated heterocycles. The lowest BCUT2D eigenvalue weighted by atomic mass is 9.86. The summed E-state index contributed by atoms with van der Waals surface area (Å²) in [5, 5.41) is 2.86. The number of carbonyl (C=O) groups is 2. The molecule has 0 radical (unpaired) electrons. The molecular weight excluding hydrogens is 242 g/mol. The number of hydrogen-bond acceptors (Lipinski definition) is 3. The summed E-state index contributed by atoms with van der Waals surface area (Å²) in [6, 6.07) is 6.82. The van der Waals surface area contributed by atoms with Crippen molar-refractivity contribution < 1.29 is 9.59 Å². The Morgan fingerprint density at radius 2 is 1.63 bits per heavy atom. The van der Waals surface area contributed by atoms with E-state index in [-0.39, 0.29) is 17.9 Å². The summed E-state index contributed by atoms with van der Waals surface area (Å²) < 4.78 is 0. The fourth-order valence-corrected chi connectivity index (χ4v) is 2.34. The fourth-order valence-electron chi connectivity index (χ4n) is 2.34. The van der Waals surface area contributed by atoms with Gasteiger partial charge in [-0.1, -0.05) is 0 Å². The van der Waals surface area contributed by atoms with Gasteiger partial charge in [-0.05, 0) is 49.9 Å². The second-order valence-electron chi connectivity index (χ2n) is 5.04. The maximum Gasteiger partial charge on any atom is 0.248 e. The van der Waals surface area contributed by atoms with E-state index in [2.05, 4.69) is 5.32 Å². The largest absolute Gasteiger partial charge is 0.366 e. The third kappa shape index (κ3) is 3.54. The molecule has 19 heavy (non-hydrogen) atoms. The van der Waals surface area contributed by atoms with Gasteiger partial charge in [0, 0.05) is 23.2 Å². The number of primary amides is 1. The molecule has 1 aromatic carbocycles. The van der Waals surface area contributed by atoms with E-state index in [0.29, 0.717) is 11.3 Å². The second-order valence-corrected chi connectivity index (χ2v) is 5.04. The van der Waals surface area contributed by atoms with E-state index in [1.165, 1.54) is 0 Å². The highest BCUT2D eigenvalue weighted by Gasteiger charge is 2.24. The van der Waals surface area contributed by atoms with Crippen LogP contribution in [0.5, 0.6) is 0 Å². The molecular formula is C14H19N3O2. The van der Waals surface area contributed by atoms with Crippen LogP contribution in [-0.4, -0.2) is 17.9 Å². The standard InChI is InChI=1S/C14H19N3O2/c15-11-5-1-10(2-6-11)14(19)17-12-7-3-9(4-8-12)13(16)18/h3-4,7-8,10-11H,1-2,5-6,15H2,(H2,16,18)(H,17,19). The zero-order chi connectivity index (χ0) is 13.8.